The zero-order valence-electron chi connectivity index (χ0n) is 12.5. The van der Waals surface area contributed by atoms with Crippen molar-refractivity contribution in [2.75, 3.05) is 6.54 Å². The number of aryl methyl sites for hydroxylation is 1. The molecule has 1 heterocycles. The Hall–Kier alpha value is -1.88. The van der Waals surface area contributed by atoms with Crippen LogP contribution in [0.5, 0.6) is 0 Å². The minimum absolute atomic E-state index is 0.177. The molecule has 5 heteroatoms. The van der Waals surface area contributed by atoms with Crippen LogP contribution in [-0.2, 0) is 6.42 Å². The Bertz CT molecular complexity index is 609. The highest BCUT2D eigenvalue weighted by Crippen LogP contribution is 2.16. The highest BCUT2D eigenvalue weighted by Gasteiger charge is 2.11. The Labute approximate surface area is 123 Å². The Morgan fingerprint density at radius 2 is 1.86 bits per heavy atom. The van der Waals surface area contributed by atoms with Gasteiger partial charge in [0.25, 0.3) is 0 Å². The van der Waals surface area contributed by atoms with E-state index in [1.54, 1.807) is 6.20 Å². The fraction of sp³-hybridized carbons (Fsp3) is 0.375. The van der Waals surface area contributed by atoms with Crippen molar-refractivity contribution in [1.82, 2.24) is 15.3 Å². The number of benzene rings is 1. The van der Waals surface area contributed by atoms with Crippen LogP contribution in [0.2, 0.25) is 0 Å². The topological polar surface area (TPSA) is 37.8 Å². The summed E-state index contributed by atoms with van der Waals surface area (Å²) >= 11 is 0. The number of halogens is 2. The molecule has 0 bridgehead atoms. The molecular weight excluding hydrogens is 272 g/mol. The number of rotatable bonds is 5. The average Bonchev–Trinajstić information content (AvgIpc) is 2.37. The number of nitrogens with one attached hydrogen (secondary N) is 1. The van der Waals surface area contributed by atoms with Crippen LogP contribution >= 0.6 is 0 Å². The predicted molar refractivity (Wildman–Crippen MR) is 78.0 cm³/mol. The van der Waals surface area contributed by atoms with Crippen LogP contribution in [0.4, 0.5) is 8.78 Å². The van der Waals surface area contributed by atoms with E-state index in [9.17, 15) is 8.78 Å². The molecule has 0 amide bonds. The van der Waals surface area contributed by atoms with E-state index in [1.807, 2.05) is 13.8 Å². The van der Waals surface area contributed by atoms with Gasteiger partial charge in [0.15, 0.2) is 0 Å². The van der Waals surface area contributed by atoms with E-state index in [4.69, 9.17) is 0 Å². The van der Waals surface area contributed by atoms with Crippen molar-refractivity contribution in [3.05, 3.63) is 58.7 Å². The van der Waals surface area contributed by atoms with Gasteiger partial charge in [0.2, 0.25) is 0 Å². The van der Waals surface area contributed by atoms with E-state index in [-0.39, 0.29) is 6.04 Å². The standard InChI is InChI=1S/C16H19F2N3/c1-4-19-10(2)15-9-20-16(21-11(15)3)7-12-5-13(17)8-14(18)6-12/h5-6,8-10,19H,4,7H2,1-3H3. The maximum absolute atomic E-state index is 13.2. The molecule has 1 aromatic carbocycles. The molecule has 3 nitrogen and oxygen atoms in total. The predicted octanol–water partition coefficient (Wildman–Crippen LogP) is 3.32. The minimum atomic E-state index is -0.584. The van der Waals surface area contributed by atoms with Crippen LogP contribution in [0.15, 0.2) is 24.4 Å². The monoisotopic (exact) mass is 291 g/mol. The van der Waals surface area contributed by atoms with Crippen molar-refractivity contribution in [1.29, 1.82) is 0 Å². The van der Waals surface area contributed by atoms with Gasteiger partial charge in [0.05, 0.1) is 0 Å². The first kappa shape index (κ1) is 15.5. The van der Waals surface area contributed by atoms with Gasteiger partial charge in [-0.25, -0.2) is 18.7 Å². The summed E-state index contributed by atoms with van der Waals surface area (Å²) in [6.45, 7) is 6.88. The molecule has 2 aromatic rings. The Morgan fingerprint density at radius 3 is 2.43 bits per heavy atom. The molecule has 0 saturated heterocycles. The molecule has 0 aliphatic rings. The van der Waals surface area contributed by atoms with Gasteiger partial charge in [0, 0.05) is 36.0 Å². The average molecular weight is 291 g/mol. The molecule has 0 saturated carbocycles. The number of nitrogens with zero attached hydrogens (tertiary/aromatic N) is 2. The lowest BCUT2D eigenvalue weighted by Crippen LogP contribution is -2.19. The maximum Gasteiger partial charge on any atom is 0.132 e. The summed E-state index contributed by atoms with van der Waals surface area (Å²) in [5.41, 5.74) is 2.44. The first-order valence-corrected chi connectivity index (χ1v) is 7.00. The minimum Gasteiger partial charge on any atom is -0.310 e. The highest BCUT2D eigenvalue weighted by molar-refractivity contribution is 5.24. The van der Waals surface area contributed by atoms with Gasteiger partial charge >= 0.3 is 0 Å². The molecule has 1 atom stereocenters. The maximum atomic E-state index is 13.2. The molecule has 1 aromatic heterocycles. The fourth-order valence-electron chi connectivity index (χ4n) is 2.35. The van der Waals surface area contributed by atoms with Gasteiger partial charge in [-0.3, -0.25) is 0 Å². The van der Waals surface area contributed by atoms with E-state index in [0.717, 1.165) is 23.9 Å². The largest absolute Gasteiger partial charge is 0.310 e. The van der Waals surface area contributed by atoms with Gasteiger partial charge in [-0.1, -0.05) is 6.92 Å². The van der Waals surface area contributed by atoms with Crippen LogP contribution in [0, 0.1) is 18.6 Å². The Kier molecular flexibility index (Phi) is 4.96. The lowest BCUT2D eigenvalue weighted by Gasteiger charge is -2.15. The number of hydrogen-bond acceptors (Lipinski definition) is 3. The zero-order chi connectivity index (χ0) is 15.4. The van der Waals surface area contributed by atoms with Crippen molar-refractivity contribution >= 4 is 0 Å². The van der Waals surface area contributed by atoms with E-state index < -0.39 is 11.6 Å². The van der Waals surface area contributed by atoms with Crippen molar-refractivity contribution in [2.45, 2.75) is 33.2 Å². The zero-order valence-corrected chi connectivity index (χ0v) is 12.5. The second-order valence-corrected chi connectivity index (χ2v) is 5.06. The van der Waals surface area contributed by atoms with Crippen LogP contribution in [0.3, 0.4) is 0 Å². The molecule has 112 valence electrons. The first-order valence-electron chi connectivity index (χ1n) is 7.00. The summed E-state index contributed by atoms with van der Waals surface area (Å²) in [5.74, 6) is -0.608. The van der Waals surface area contributed by atoms with E-state index in [2.05, 4.69) is 22.2 Å². The smallest absolute Gasteiger partial charge is 0.132 e. The van der Waals surface area contributed by atoms with E-state index in [0.29, 0.717) is 17.8 Å². The second-order valence-electron chi connectivity index (χ2n) is 5.06. The molecule has 0 spiro atoms. The molecule has 2 rings (SSSR count). The second kappa shape index (κ2) is 6.72. The summed E-state index contributed by atoms with van der Waals surface area (Å²) in [5, 5.41) is 3.31. The first-order chi connectivity index (χ1) is 9.99. The third kappa shape index (κ3) is 4.04. The van der Waals surface area contributed by atoms with Crippen molar-refractivity contribution in [2.24, 2.45) is 0 Å². The molecule has 0 aliphatic heterocycles. The van der Waals surface area contributed by atoms with E-state index >= 15 is 0 Å². The molecule has 1 unspecified atom stereocenters. The normalized spacial score (nSPS) is 12.4. The Morgan fingerprint density at radius 1 is 1.19 bits per heavy atom. The van der Waals surface area contributed by atoms with Crippen molar-refractivity contribution in [3.63, 3.8) is 0 Å². The molecule has 1 N–H and O–H groups in total. The lowest BCUT2D eigenvalue weighted by molar-refractivity contribution is 0.579. The van der Waals surface area contributed by atoms with Crippen LogP contribution in [-0.4, -0.2) is 16.5 Å². The molecule has 0 radical (unpaired) electrons. The van der Waals surface area contributed by atoms with Gasteiger partial charge in [-0.15, -0.1) is 0 Å². The third-order valence-electron chi connectivity index (χ3n) is 3.33. The summed E-state index contributed by atoms with van der Waals surface area (Å²) in [6, 6.07) is 3.64. The van der Waals surface area contributed by atoms with Crippen molar-refractivity contribution < 1.29 is 8.78 Å². The van der Waals surface area contributed by atoms with Gasteiger partial charge in [-0.2, -0.15) is 0 Å². The summed E-state index contributed by atoms with van der Waals surface area (Å²) < 4.78 is 26.4. The summed E-state index contributed by atoms with van der Waals surface area (Å²) in [4.78, 5) is 8.74. The molecule has 0 aliphatic carbocycles. The Balaban J connectivity index is 2.20. The number of aromatic nitrogens is 2. The van der Waals surface area contributed by atoms with E-state index in [1.165, 1.54) is 12.1 Å². The number of hydrogen-bond donors (Lipinski definition) is 1. The summed E-state index contributed by atoms with van der Waals surface area (Å²) in [6.07, 6.45) is 2.09. The third-order valence-corrected chi connectivity index (χ3v) is 3.33. The van der Waals surface area contributed by atoms with Crippen LogP contribution in [0.1, 0.15) is 42.5 Å². The van der Waals surface area contributed by atoms with Gasteiger partial charge in [0.1, 0.15) is 17.5 Å². The molecular formula is C16H19F2N3. The highest BCUT2D eigenvalue weighted by atomic mass is 19.1. The fourth-order valence-corrected chi connectivity index (χ4v) is 2.35. The SMILES string of the molecule is CCNC(C)c1cnc(Cc2cc(F)cc(F)c2)nc1C. The quantitative estimate of drug-likeness (QED) is 0.918. The van der Waals surface area contributed by atoms with Crippen molar-refractivity contribution in [3.8, 4) is 0 Å². The van der Waals surface area contributed by atoms with Gasteiger partial charge in [-0.05, 0) is 38.1 Å². The molecule has 21 heavy (non-hydrogen) atoms. The molecule has 0 fully saturated rings. The van der Waals surface area contributed by atoms with Crippen LogP contribution in [0.25, 0.3) is 0 Å². The lowest BCUT2D eigenvalue weighted by atomic mass is 10.1. The van der Waals surface area contributed by atoms with Gasteiger partial charge < -0.3 is 5.32 Å². The summed E-state index contributed by atoms with van der Waals surface area (Å²) in [7, 11) is 0. The van der Waals surface area contributed by atoms with Crippen LogP contribution < -0.4 is 5.32 Å².